The van der Waals surface area contributed by atoms with Crippen LogP contribution in [0.2, 0.25) is 5.02 Å². The fourth-order valence-electron chi connectivity index (χ4n) is 2.10. The number of benzene rings is 2. The summed E-state index contributed by atoms with van der Waals surface area (Å²) in [4.78, 5) is 24.2. The summed E-state index contributed by atoms with van der Waals surface area (Å²) in [6.07, 6.45) is 3.00. The van der Waals surface area contributed by atoms with Gasteiger partial charge in [0.2, 0.25) is 0 Å². The molecular formula is C18H10BrClO3. The number of allylic oxidation sites excluding steroid dienone is 1. The van der Waals surface area contributed by atoms with E-state index in [4.69, 9.17) is 16.0 Å². The van der Waals surface area contributed by atoms with E-state index in [9.17, 15) is 9.59 Å². The SMILES string of the molecule is O=C(/C=C/c1ccc(Br)cc1)c1cc2cc(Cl)ccc2oc1=O. The Labute approximate surface area is 145 Å². The molecule has 1 heterocycles. The van der Waals surface area contributed by atoms with Crippen LogP contribution in [0, 0.1) is 0 Å². The van der Waals surface area contributed by atoms with E-state index in [1.165, 1.54) is 12.1 Å². The first-order valence-electron chi connectivity index (χ1n) is 6.74. The Kier molecular flexibility index (Phi) is 4.46. The highest BCUT2D eigenvalue weighted by Gasteiger charge is 2.11. The van der Waals surface area contributed by atoms with Gasteiger partial charge in [0.05, 0.1) is 0 Å². The number of halogens is 2. The molecule has 1 aromatic heterocycles. The Hall–Kier alpha value is -2.17. The average molecular weight is 390 g/mol. The first kappa shape index (κ1) is 15.7. The molecule has 0 fully saturated rings. The lowest BCUT2D eigenvalue weighted by molar-refractivity contribution is 0.104. The van der Waals surface area contributed by atoms with Gasteiger partial charge in [0.15, 0.2) is 5.78 Å². The third kappa shape index (κ3) is 3.60. The number of rotatable bonds is 3. The lowest BCUT2D eigenvalue weighted by atomic mass is 10.1. The van der Waals surface area contributed by atoms with Crippen LogP contribution in [0.25, 0.3) is 17.0 Å². The van der Waals surface area contributed by atoms with Crippen LogP contribution in [-0.2, 0) is 0 Å². The number of carbonyl (C=O) groups excluding carboxylic acids is 1. The van der Waals surface area contributed by atoms with E-state index in [1.54, 1.807) is 24.3 Å². The van der Waals surface area contributed by atoms with E-state index in [-0.39, 0.29) is 5.56 Å². The van der Waals surface area contributed by atoms with Gasteiger partial charge < -0.3 is 4.42 Å². The number of hydrogen-bond donors (Lipinski definition) is 0. The molecule has 0 saturated heterocycles. The van der Waals surface area contributed by atoms with Crippen molar-refractivity contribution in [3.05, 3.63) is 85.6 Å². The molecule has 0 aliphatic heterocycles. The van der Waals surface area contributed by atoms with Crippen molar-refractivity contribution >= 4 is 50.4 Å². The van der Waals surface area contributed by atoms with Gasteiger partial charge in [-0.15, -0.1) is 0 Å². The van der Waals surface area contributed by atoms with Crippen LogP contribution in [0.3, 0.4) is 0 Å². The lowest BCUT2D eigenvalue weighted by Gasteiger charge is -2.00. The van der Waals surface area contributed by atoms with E-state index >= 15 is 0 Å². The maximum atomic E-state index is 12.2. The molecule has 0 aliphatic carbocycles. The topological polar surface area (TPSA) is 47.3 Å². The largest absolute Gasteiger partial charge is 0.422 e. The first-order valence-corrected chi connectivity index (χ1v) is 7.91. The molecule has 2 aromatic carbocycles. The number of fused-ring (bicyclic) bond motifs is 1. The summed E-state index contributed by atoms with van der Waals surface area (Å²) < 4.78 is 6.11. The Morgan fingerprint density at radius 1 is 1.09 bits per heavy atom. The Morgan fingerprint density at radius 3 is 2.57 bits per heavy atom. The zero-order valence-corrected chi connectivity index (χ0v) is 14.1. The Bertz CT molecular complexity index is 972. The molecule has 0 aliphatic rings. The van der Waals surface area contributed by atoms with Gasteiger partial charge >= 0.3 is 5.63 Å². The molecule has 0 unspecified atom stereocenters. The summed E-state index contributed by atoms with van der Waals surface area (Å²) >= 11 is 9.27. The summed E-state index contributed by atoms with van der Waals surface area (Å²) in [5.41, 5.74) is 0.570. The molecule has 3 aromatic rings. The molecule has 0 N–H and O–H groups in total. The van der Waals surface area contributed by atoms with Gasteiger partial charge in [-0.2, -0.15) is 0 Å². The molecular weight excluding hydrogens is 380 g/mol. The second-order valence-corrected chi connectivity index (χ2v) is 6.23. The highest BCUT2D eigenvalue weighted by atomic mass is 79.9. The predicted molar refractivity (Wildman–Crippen MR) is 95.0 cm³/mol. The Balaban J connectivity index is 1.95. The van der Waals surface area contributed by atoms with Gasteiger partial charge in [-0.05, 0) is 48.0 Å². The highest BCUT2D eigenvalue weighted by molar-refractivity contribution is 9.10. The van der Waals surface area contributed by atoms with E-state index in [0.29, 0.717) is 16.0 Å². The van der Waals surface area contributed by atoms with Gasteiger partial charge in [0.1, 0.15) is 11.1 Å². The van der Waals surface area contributed by atoms with Crippen LogP contribution < -0.4 is 5.63 Å². The quantitative estimate of drug-likeness (QED) is 0.355. The standard InChI is InChI=1S/C18H10BrClO3/c19-13-4-1-11(2-5-13)3-7-16(21)15-10-12-9-14(20)6-8-17(12)23-18(15)22/h1-10H/b7-3+. The molecule has 23 heavy (non-hydrogen) atoms. The third-order valence-electron chi connectivity index (χ3n) is 3.26. The van der Waals surface area contributed by atoms with Gasteiger partial charge in [-0.25, -0.2) is 4.79 Å². The summed E-state index contributed by atoms with van der Waals surface area (Å²) in [6.45, 7) is 0. The molecule has 3 rings (SSSR count). The van der Waals surface area contributed by atoms with Crippen LogP contribution >= 0.6 is 27.5 Å². The number of carbonyl (C=O) groups is 1. The monoisotopic (exact) mass is 388 g/mol. The number of ketones is 1. The molecule has 0 amide bonds. The Morgan fingerprint density at radius 2 is 1.83 bits per heavy atom. The summed E-state index contributed by atoms with van der Waals surface area (Å²) in [5, 5.41) is 1.12. The van der Waals surface area contributed by atoms with E-state index in [0.717, 1.165) is 10.0 Å². The zero-order chi connectivity index (χ0) is 16.4. The molecule has 0 atom stereocenters. The van der Waals surface area contributed by atoms with Crippen LogP contribution in [0.5, 0.6) is 0 Å². The first-order chi connectivity index (χ1) is 11.0. The highest BCUT2D eigenvalue weighted by Crippen LogP contribution is 2.19. The van der Waals surface area contributed by atoms with E-state index in [2.05, 4.69) is 15.9 Å². The van der Waals surface area contributed by atoms with Crippen LogP contribution in [0.15, 0.2) is 68.3 Å². The minimum absolute atomic E-state index is 0.0203. The second kappa shape index (κ2) is 6.52. The maximum Gasteiger partial charge on any atom is 0.347 e. The van der Waals surface area contributed by atoms with Crippen LogP contribution in [0.4, 0.5) is 0 Å². The van der Waals surface area contributed by atoms with E-state index in [1.807, 2.05) is 24.3 Å². The lowest BCUT2D eigenvalue weighted by Crippen LogP contribution is -2.11. The maximum absolute atomic E-state index is 12.2. The fraction of sp³-hybridized carbons (Fsp3) is 0. The minimum atomic E-state index is -0.662. The van der Waals surface area contributed by atoms with Crippen molar-refractivity contribution < 1.29 is 9.21 Å². The van der Waals surface area contributed by atoms with Crippen molar-refractivity contribution in [1.82, 2.24) is 0 Å². The summed E-state index contributed by atoms with van der Waals surface area (Å²) in [6, 6.07) is 13.8. The van der Waals surface area contributed by atoms with Crippen molar-refractivity contribution in [1.29, 1.82) is 0 Å². The van der Waals surface area contributed by atoms with Crippen molar-refractivity contribution in [3.8, 4) is 0 Å². The number of hydrogen-bond acceptors (Lipinski definition) is 3. The molecule has 3 nitrogen and oxygen atoms in total. The second-order valence-electron chi connectivity index (χ2n) is 4.88. The summed E-state index contributed by atoms with van der Waals surface area (Å²) in [5.74, 6) is -0.413. The van der Waals surface area contributed by atoms with Gasteiger partial charge in [0.25, 0.3) is 0 Å². The molecule has 114 valence electrons. The predicted octanol–water partition coefficient (Wildman–Crippen LogP) is 5.11. The third-order valence-corrected chi connectivity index (χ3v) is 4.02. The van der Waals surface area contributed by atoms with Crippen LogP contribution in [-0.4, -0.2) is 5.78 Å². The normalized spacial score (nSPS) is 11.2. The van der Waals surface area contributed by atoms with Gasteiger partial charge in [0, 0.05) is 14.9 Å². The van der Waals surface area contributed by atoms with Gasteiger partial charge in [-0.3, -0.25) is 4.79 Å². The molecule has 0 bridgehead atoms. The zero-order valence-electron chi connectivity index (χ0n) is 11.8. The summed E-state index contributed by atoms with van der Waals surface area (Å²) in [7, 11) is 0. The van der Waals surface area contributed by atoms with Crippen molar-refractivity contribution in [2.75, 3.05) is 0 Å². The molecule has 5 heteroatoms. The van der Waals surface area contributed by atoms with Crippen molar-refractivity contribution in [3.63, 3.8) is 0 Å². The van der Waals surface area contributed by atoms with Crippen molar-refractivity contribution in [2.45, 2.75) is 0 Å². The minimum Gasteiger partial charge on any atom is -0.422 e. The fourth-order valence-corrected chi connectivity index (χ4v) is 2.55. The smallest absolute Gasteiger partial charge is 0.347 e. The molecule has 0 radical (unpaired) electrons. The molecule has 0 saturated carbocycles. The van der Waals surface area contributed by atoms with Crippen LogP contribution in [0.1, 0.15) is 15.9 Å². The average Bonchev–Trinajstić information content (AvgIpc) is 2.54. The molecule has 0 spiro atoms. The van der Waals surface area contributed by atoms with E-state index < -0.39 is 11.4 Å². The van der Waals surface area contributed by atoms with Crippen molar-refractivity contribution in [2.24, 2.45) is 0 Å². The van der Waals surface area contributed by atoms with Gasteiger partial charge in [-0.1, -0.05) is 45.7 Å².